The normalized spacial score (nSPS) is 18.4. The van der Waals surface area contributed by atoms with Gasteiger partial charge in [0.25, 0.3) is 0 Å². The molecule has 1 amide bonds. The number of carbonyl (C=O) groups is 1. The molecule has 1 atom stereocenters. The van der Waals surface area contributed by atoms with Crippen molar-refractivity contribution >= 4 is 5.91 Å². The van der Waals surface area contributed by atoms with Crippen molar-refractivity contribution in [2.24, 2.45) is 5.92 Å². The molecule has 1 unspecified atom stereocenters. The number of hydrogen-bond acceptors (Lipinski definition) is 2. The Bertz CT molecular complexity index is 565. The summed E-state index contributed by atoms with van der Waals surface area (Å²) in [4.78, 5) is 12.5. The van der Waals surface area contributed by atoms with Crippen molar-refractivity contribution < 1.29 is 23.1 Å². The maximum absolute atomic E-state index is 12.9. The number of carbonyl (C=O) groups excluding carboxylic acids is 1. The number of halogens is 3. The molecule has 0 aliphatic heterocycles. The van der Waals surface area contributed by atoms with Gasteiger partial charge < -0.3 is 10.4 Å². The van der Waals surface area contributed by atoms with E-state index >= 15 is 0 Å². The summed E-state index contributed by atoms with van der Waals surface area (Å²) in [6, 6.07) is 5.00. The second-order valence-corrected chi connectivity index (χ2v) is 6.54. The zero-order valence-corrected chi connectivity index (χ0v) is 13.3. The summed E-state index contributed by atoms with van der Waals surface area (Å²) in [6.07, 6.45) is -3.24. The molecular weight excluding hydrogens is 307 g/mol. The third-order valence-corrected chi connectivity index (χ3v) is 4.63. The molecule has 0 saturated heterocycles. The SMILES string of the molecule is CC(C)C(O)CNC(=O)C1(c2cccc(C(F)(F)F)c2)CCC1. The first-order valence-electron chi connectivity index (χ1n) is 7.81. The summed E-state index contributed by atoms with van der Waals surface area (Å²) in [7, 11) is 0. The fourth-order valence-corrected chi connectivity index (χ4v) is 2.77. The summed E-state index contributed by atoms with van der Waals surface area (Å²) in [5.74, 6) is -0.302. The summed E-state index contributed by atoms with van der Waals surface area (Å²) in [6.45, 7) is 3.78. The molecule has 0 radical (unpaired) electrons. The highest BCUT2D eigenvalue weighted by atomic mass is 19.4. The highest BCUT2D eigenvalue weighted by Gasteiger charge is 2.46. The minimum absolute atomic E-state index is 0.00111. The van der Waals surface area contributed by atoms with Crippen molar-refractivity contribution in [1.29, 1.82) is 0 Å². The molecule has 0 heterocycles. The molecule has 1 aliphatic rings. The number of benzene rings is 1. The van der Waals surface area contributed by atoms with Gasteiger partial charge in [0, 0.05) is 6.54 Å². The van der Waals surface area contributed by atoms with Gasteiger partial charge in [-0.2, -0.15) is 13.2 Å². The van der Waals surface area contributed by atoms with E-state index in [-0.39, 0.29) is 18.4 Å². The van der Waals surface area contributed by atoms with Crippen LogP contribution < -0.4 is 5.32 Å². The maximum atomic E-state index is 12.9. The molecular formula is C17H22F3NO2. The Hall–Kier alpha value is -1.56. The molecule has 128 valence electrons. The van der Waals surface area contributed by atoms with E-state index in [0.717, 1.165) is 18.6 Å². The first-order valence-corrected chi connectivity index (χ1v) is 7.81. The Morgan fingerprint density at radius 3 is 2.48 bits per heavy atom. The van der Waals surface area contributed by atoms with Gasteiger partial charge in [-0.05, 0) is 30.4 Å². The average molecular weight is 329 g/mol. The zero-order chi connectivity index (χ0) is 17.3. The zero-order valence-electron chi connectivity index (χ0n) is 13.3. The number of aliphatic hydroxyl groups excluding tert-OH is 1. The summed E-state index contributed by atoms with van der Waals surface area (Å²) in [5, 5.41) is 12.5. The van der Waals surface area contributed by atoms with Crippen LogP contribution in [0.25, 0.3) is 0 Å². The minimum atomic E-state index is -4.43. The monoisotopic (exact) mass is 329 g/mol. The van der Waals surface area contributed by atoms with Gasteiger partial charge >= 0.3 is 6.18 Å². The van der Waals surface area contributed by atoms with E-state index in [1.54, 1.807) is 6.07 Å². The molecule has 1 aliphatic carbocycles. The second-order valence-electron chi connectivity index (χ2n) is 6.54. The summed E-state index contributed by atoms with van der Waals surface area (Å²) < 4.78 is 38.7. The maximum Gasteiger partial charge on any atom is 0.416 e. The molecule has 1 fully saturated rings. The molecule has 0 aromatic heterocycles. The first kappa shape index (κ1) is 17.8. The van der Waals surface area contributed by atoms with Crippen LogP contribution in [0.1, 0.15) is 44.2 Å². The van der Waals surface area contributed by atoms with E-state index in [9.17, 15) is 23.1 Å². The van der Waals surface area contributed by atoms with Gasteiger partial charge in [0.2, 0.25) is 5.91 Å². The van der Waals surface area contributed by atoms with E-state index in [2.05, 4.69) is 5.32 Å². The Morgan fingerprint density at radius 2 is 2.00 bits per heavy atom. The first-order chi connectivity index (χ1) is 10.7. The smallest absolute Gasteiger partial charge is 0.391 e. The highest BCUT2D eigenvalue weighted by Crippen LogP contribution is 2.45. The van der Waals surface area contributed by atoms with Crippen molar-refractivity contribution in [3.63, 3.8) is 0 Å². The van der Waals surface area contributed by atoms with Crippen LogP contribution >= 0.6 is 0 Å². The predicted molar refractivity (Wildman–Crippen MR) is 80.8 cm³/mol. The fourth-order valence-electron chi connectivity index (χ4n) is 2.77. The lowest BCUT2D eigenvalue weighted by atomic mass is 9.63. The lowest BCUT2D eigenvalue weighted by Crippen LogP contribution is -2.51. The number of nitrogens with one attached hydrogen (secondary N) is 1. The summed E-state index contributed by atoms with van der Waals surface area (Å²) in [5.41, 5.74) is -1.25. The van der Waals surface area contributed by atoms with Crippen LogP contribution in [0.5, 0.6) is 0 Å². The molecule has 1 saturated carbocycles. The Kier molecular flexibility index (Phi) is 5.04. The van der Waals surface area contributed by atoms with Crippen LogP contribution in [0.3, 0.4) is 0 Å². The Labute approximate surface area is 133 Å². The number of hydrogen-bond donors (Lipinski definition) is 2. The van der Waals surface area contributed by atoms with Crippen molar-refractivity contribution in [2.75, 3.05) is 6.54 Å². The topological polar surface area (TPSA) is 49.3 Å². The number of aliphatic hydroxyl groups is 1. The van der Waals surface area contributed by atoms with Crippen LogP contribution in [0.15, 0.2) is 24.3 Å². The lowest BCUT2D eigenvalue weighted by molar-refractivity contribution is -0.138. The van der Waals surface area contributed by atoms with Gasteiger partial charge in [0.1, 0.15) is 0 Å². The average Bonchev–Trinajstić information content (AvgIpc) is 2.43. The second kappa shape index (κ2) is 6.51. The number of amides is 1. The van der Waals surface area contributed by atoms with Gasteiger partial charge in [-0.3, -0.25) is 4.79 Å². The van der Waals surface area contributed by atoms with Gasteiger partial charge in [0.15, 0.2) is 0 Å². The van der Waals surface area contributed by atoms with E-state index in [0.29, 0.717) is 18.4 Å². The van der Waals surface area contributed by atoms with Crippen LogP contribution in [0.4, 0.5) is 13.2 Å². The van der Waals surface area contributed by atoms with Crippen molar-refractivity contribution in [3.8, 4) is 0 Å². The van der Waals surface area contributed by atoms with Crippen LogP contribution in [-0.2, 0) is 16.4 Å². The van der Waals surface area contributed by atoms with E-state index < -0.39 is 23.3 Å². The van der Waals surface area contributed by atoms with Crippen LogP contribution in [-0.4, -0.2) is 23.7 Å². The molecule has 1 aromatic rings. The largest absolute Gasteiger partial charge is 0.416 e. The third kappa shape index (κ3) is 3.68. The standard InChI is InChI=1S/C17H22F3NO2/c1-11(2)14(22)10-21-15(23)16(7-4-8-16)12-5-3-6-13(9-12)17(18,19)20/h3,5-6,9,11,14,22H,4,7-8,10H2,1-2H3,(H,21,23). The van der Waals surface area contributed by atoms with Gasteiger partial charge in [0.05, 0.1) is 17.1 Å². The lowest BCUT2D eigenvalue weighted by Gasteiger charge is -2.41. The third-order valence-electron chi connectivity index (χ3n) is 4.63. The molecule has 3 nitrogen and oxygen atoms in total. The molecule has 0 spiro atoms. The number of alkyl halides is 3. The van der Waals surface area contributed by atoms with E-state index in [4.69, 9.17) is 0 Å². The highest BCUT2D eigenvalue weighted by molar-refractivity contribution is 5.89. The van der Waals surface area contributed by atoms with Gasteiger partial charge in [-0.25, -0.2) is 0 Å². The minimum Gasteiger partial charge on any atom is -0.391 e. The van der Waals surface area contributed by atoms with Crippen molar-refractivity contribution in [1.82, 2.24) is 5.32 Å². The molecule has 23 heavy (non-hydrogen) atoms. The van der Waals surface area contributed by atoms with Crippen LogP contribution in [0.2, 0.25) is 0 Å². The molecule has 1 aromatic carbocycles. The van der Waals surface area contributed by atoms with E-state index in [1.165, 1.54) is 6.07 Å². The number of rotatable bonds is 5. The predicted octanol–water partition coefficient (Wildman–Crippen LogP) is 3.26. The Balaban J connectivity index is 2.19. The quantitative estimate of drug-likeness (QED) is 0.871. The fraction of sp³-hybridized carbons (Fsp3) is 0.588. The van der Waals surface area contributed by atoms with Crippen molar-refractivity contribution in [2.45, 2.75) is 50.8 Å². The van der Waals surface area contributed by atoms with Crippen molar-refractivity contribution in [3.05, 3.63) is 35.4 Å². The van der Waals surface area contributed by atoms with Crippen LogP contribution in [0, 0.1) is 5.92 Å². The Morgan fingerprint density at radius 1 is 1.35 bits per heavy atom. The van der Waals surface area contributed by atoms with Gasteiger partial charge in [-0.1, -0.05) is 38.5 Å². The molecule has 6 heteroatoms. The van der Waals surface area contributed by atoms with Gasteiger partial charge in [-0.15, -0.1) is 0 Å². The summed E-state index contributed by atoms with van der Waals surface area (Å²) >= 11 is 0. The molecule has 0 bridgehead atoms. The molecule has 2 N–H and O–H groups in total. The molecule has 2 rings (SSSR count). The van der Waals surface area contributed by atoms with E-state index in [1.807, 2.05) is 13.8 Å².